The van der Waals surface area contributed by atoms with Crippen molar-refractivity contribution < 1.29 is 4.79 Å². The van der Waals surface area contributed by atoms with Gasteiger partial charge in [0, 0.05) is 51.9 Å². The van der Waals surface area contributed by atoms with Gasteiger partial charge in [0.15, 0.2) is 5.43 Å². The Morgan fingerprint density at radius 2 is 1.82 bits per heavy atom. The number of nitrogens with zero attached hydrogens (tertiary/aromatic N) is 1. The molecule has 4 aromatic rings. The van der Waals surface area contributed by atoms with Gasteiger partial charge in [0.2, 0.25) is 5.91 Å². The summed E-state index contributed by atoms with van der Waals surface area (Å²) in [5.74, 6) is -0.0691. The Balaban J connectivity index is 1.53. The van der Waals surface area contributed by atoms with E-state index in [9.17, 15) is 9.59 Å². The summed E-state index contributed by atoms with van der Waals surface area (Å²) < 4.78 is 2.17. The second-order valence-corrected chi connectivity index (χ2v) is 7.29. The summed E-state index contributed by atoms with van der Waals surface area (Å²) in [6.45, 7) is 3.87. The van der Waals surface area contributed by atoms with Crippen molar-refractivity contribution in [3.8, 4) is 0 Å². The zero-order valence-electron chi connectivity index (χ0n) is 16.3. The third-order valence-electron chi connectivity index (χ3n) is 5.42. The fourth-order valence-electron chi connectivity index (χ4n) is 3.75. The molecule has 28 heavy (non-hydrogen) atoms. The first-order valence-electron chi connectivity index (χ1n) is 9.36. The van der Waals surface area contributed by atoms with Gasteiger partial charge in [-0.05, 0) is 37.6 Å². The molecule has 0 atom stereocenters. The Kier molecular flexibility index (Phi) is 4.51. The van der Waals surface area contributed by atoms with Crippen molar-refractivity contribution in [1.29, 1.82) is 0 Å². The van der Waals surface area contributed by atoms with Crippen molar-refractivity contribution in [1.82, 2.24) is 14.9 Å². The Morgan fingerprint density at radius 3 is 2.64 bits per heavy atom. The van der Waals surface area contributed by atoms with Crippen molar-refractivity contribution in [2.75, 3.05) is 0 Å². The highest BCUT2D eigenvalue weighted by Gasteiger charge is 2.11. The summed E-state index contributed by atoms with van der Waals surface area (Å²) in [6.07, 6.45) is 1.99. The number of nitrogens with one attached hydrogen (secondary N) is 2. The maximum Gasteiger partial charge on any atom is 0.224 e. The van der Waals surface area contributed by atoms with E-state index in [0.717, 1.165) is 22.2 Å². The first-order chi connectivity index (χ1) is 13.5. The minimum atomic E-state index is -0.0691. The number of pyridine rings is 1. The molecular formula is C23H23N3O2. The Morgan fingerprint density at radius 1 is 1.07 bits per heavy atom. The van der Waals surface area contributed by atoms with Gasteiger partial charge >= 0.3 is 0 Å². The van der Waals surface area contributed by atoms with E-state index in [1.54, 1.807) is 20.0 Å². The fourth-order valence-corrected chi connectivity index (χ4v) is 3.75. The number of carbonyl (C=O) groups excluding carboxylic acids is 1. The minimum Gasteiger partial charge on any atom is -0.363 e. The van der Waals surface area contributed by atoms with Gasteiger partial charge in [0.05, 0.1) is 13.0 Å². The number of hydrogen-bond donors (Lipinski definition) is 2. The topological polar surface area (TPSA) is 66.9 Å². The SMILES string of the molecule is Cc1c[nH]c(CNC(=O)Cc2ccc3c(c2)c2ccccc2n3C)c(C)c1=O. The third-order valence-corrected chi connectivity index (χ3v) is 5.42. The highest BCUT2D eigenvalue weighted by atomic mass is 16.1. The molecule has 0 bridgehead atoms. The highest BCUT2D eigenvalue weighted by Crippen LogP contribution is 2.28. The summed E-state index contributed by atoms with van der Waals surface area (Å²) in [6, 6.07) is 14.4. The lowest BCUT2D eigenvalue weighted by molar-refractivity contribution is -0.120. The van der Waals surface area contributed by atoms with Gasteiger partial charge in [-0.3, -0.25) is 9.59 Å². The molecule has 142 valence electrons. The molecule has 5 nitrogen and oxygen atoms in total. The van der Waals surface area contributed by atoms with Crippen molar-refractivity contribution in [3.63, 3.8) is 0 Å². The summed E-state index contributed by atoms with van der Waals surface area (Å²) in [5, 5.41) is 5.26. The van der Waals surface area contributed by atoms with Crippen LogP contribution in [0, 0.1) is 13.8 Å². The first-order valence-corrected chi connectivity index (χ1v) is 9.36. The Labute approximate surface area is 163 Å². The molecule has 0 unspecified atom stereocenters. The van der Waals surface area contributed by atoms with Crippen LogP contribution in [0.4, 0.5) is 0 Å². The van der Waals surface area contributed by atoms with Crippen molar-refractivity contribution in [2.45, 2.75) is 26.8 Å². The van der Waals surface area contributed by atoms with Gasteiger partial charge in [-0.2, -0.15) is 0 Å². The summed E-state index contributed by atoms with van der Waals surface area (Å²) in [4.78, 5) is 27.6. The maximum absolute atomic E-state index is 12.4. The molecule has 0 saturated carbocycles. The van der Waals surface area contributed by atoms with Gasteiger partial charge in [0.1, 0.15) is 0 Å². The zero-order valence-corrected chi connectivity index (χ0v) is 16.3. The molecule has 2 aromatic carbocycles. The van der Waals surface area contributed by atoms with Gasteiger partial charge in [0.25, 0.3) is 0 Å². The Hall–Kier alpha value is -3.34. The highest BCUT2D eigenvalue weighted by molar-refractivity contribution is 6.08. The minimum absolute atomic E-state index is 0.0180. The summed E-state index contributed by atoms with van der Waals surface area (Å²) >= 11 is 0. The van der Waals surface area contributed by atoms with E-state index < -0.39 is 0 Å². The van der Waals surface area contributed by atoms with E-state index in [1.165, 1.54) is 10.9 Å². The van der Waals surface area contributed by atoms with Crippen LogP contribution >= 0.6 is 0 Å². The molecule has 5 heteroatoms. The Bertz CT molecular complexity index is 1260. The number of rotatable bonds is 4. The number of benzene rings is 2. The monoisotopic (exact) mass is 373 g/mol. The third kappa shape index (κ3) is 3.09. The van der Waals surface area contributed by atoms with Crippen LogP contribution in [0.2, 0.25) is 0 Å². The van der Waals surface area contributed by atoms with Crippen LogP contribution in [0.3, 0.4) is 0 Å². The van der Waals surface area contributed by atoms with E-state index >= 15 is 0 Å². The standard InChI is InChI=1S/C23H23N3O2/c1-14-12-24-19(15(2)23(14)28)13-25-22(27)11-16-8-9-21-18(10-16)17-6-4-5-7-20(17)26(21)3/h4-10,12H,11,13H2,1-3H3,(H,24,28)(H,25,27). The first kappa shape index (κ1) is 18.0. The average Bonchev–Trinajstić information content (AvgIpc) is 2.98. The van der Waals surface area contributed by atoms with Crippen molar-refractivity contribution >= 4 is 27.7 Å². The molecule has 0 radical (unpaired) electrons. The van der Waals surface area contributed by atoms with Gasteiger partial charge in [-0.1, -0.05) is 24.3 Å². The molecule has 2 N–H and O–H groups in total. The van der Waals surface area contributed by atoms with E-state index in [4.69, 9.17) is 0 Å². The number of aromatic nitrogens is 2. The number of carbonyl (C=O) groups is 1. The number of para-hydroxylation sites is 1. The largest absolute Gasteiger partial charge is 0.363 e. The van der Waals surface area contributed by atoms with Crippen molar-refractivity contribution in [3.05, 3.63) is 81.3 Å². The lowest BCUT2D eigenvalue weighted by Crippen LogP contribution is -2.27. The van der Waals surface area contributed by atoms with Gasteiger partial charge in [-0.25, -0.2) is 0 Å². The molecular weight excluding hydrogens is 350 g/mol. The molecule has 0 aliphatic rings. The number of fused-ring (bicyclic) bond motifs is 3. The average molecular weight is 373 g/mol. The van der Waals surface area contributed by atoms with Gasteiger partial charge < -0.3 is 14.9 Å². The number of aromatic amines is 1. The molecule has 0 spiro atoms. The van der Waals surface area contributed by atoms with Crippen LogP contribution in [0.15, 0.2) is 53.5 Å². The lowest BCUT2D eigenvalue weighted by atomic mass is 10.1. The van der Waals surface area contributed by atoms with Crippen LogP contribution in [-0.4, -0.2) is 15.5 Å². The molecule has 0 saturated heterocycles. The number of amides is 1. The quantitative estimate of drug-likeness (QED) is 0.575. The summed E-state index contributed by atoms with van der Waals surface area (Å²) in [7, 11) is 2.06. The smallest absolute Gasteiger partial charge is 0.224 e. The zero-order chi connectivity index (χ0) is 19.8. The molecule has 1 amide bonds. The molecule has 4 rings (SSSR count). The van der Waals surface area contributed by atoms with Crippen LogP contribution in [-0.2, 0) is 24.8 Å². The van der Waals surface area contributed by atoms with Crippen LogP contribution in [0.1, 0.15) is 22.4 Å². The second kappa shape index (κ2) is 7.00. The van der Waals surface area contributed by atoms with Crippen molar-refractivity contribution in [2.24, 2.45) is 7.05 Å². The normalized spacial score (nSPS) is 11.2. The van der Waals surface area contributed by atoms with E-state index in [2.05, 4.69) is 46.2 Å². The molecule has 2 heterocycles. The second-order valence-electron chi connectivity index (χ2n) is 7.29. The van der Waals surface area contributed by atoms with E-state index in [-0.39, 0.29) is 11.3 Å². The fraction of sp³-hybridized carbons (Fsp3) is 0.217. The predicted molar refractivity (Wildman–Crippen MR) is 113 cm³/mol. The van der Waals surface area contributed by atoms with Crippen LogP contribution in [0.25, 0.3) is 21.8 Å². The van der Waals surface area contributed by atoms with E-state index in [0.29, 0.717) is 24.1 Å². The number of hydrogen-bond acceptors (Lipinski definition) is 2. The molecule has 2 aromatic heterocycles. The van der Waals surface area contributed by atoms with Crippen LogP contribution in [0.5, 0.6) is 0 Å². The number of aryl methyl sites for hydroxylation is 2. The maximum atomic E-state index is 12.4. The molecule has 0 fully saturated rings. The van der Waals surface area contributed by atoms with E-state index in [1.807, 2.05) is 18.2 Å². The number of H-pyrrole nitrogens is 1. The van der Waals surface area contributed by atoms with Crippen LogP contribution < -0.4 is 10.7 Å². The van der Waals surface area contributed by atoms with Gasteiger partial charge in [-0.15, -0.1) is 0 Å². The predicted octanol–water partition coefficient (Wildman–Crippen LogP) is 3.50. The lowest BCUT2D eigenvalue weighted by Gasteiger charge is -2.09. The molecule has 0 aliphatic heterocycles. The summed E-state index contributed by atoms with van der Waals surface area (Å²) in [5.41, 5.74) is 5.39. The molecule has 0 aliphatic carbocycles.